The van der Waals surface area contributed by atoms with Crippen LogP contribution in [-0.4, -0.2) is 29.0 Å². The second kappa shape index (κ2) is 7.01. The molecule has 0 radical (unpaired) electrons. The first kappa shape index (κ1) is 14.5. The molecule has 3 heteroatoms. The molecule has 1 aromatic heterocycles. The van der Waals surface area contributed by atoms with E-state index in [-0.39, 0.29) is 6.04 Å². The van der Waals surface area contributed by atoms with Crippen LogP contribution < -0.4 is 5.73 Å². The summed E-state index contributed by atoms with van der Waals surface area (Å²) < 4.78 is 0. The van der Waals surface area contributed by atoms with Gasteiger partial charge in [-0.3, -0.25) is 9.88 Å². The van der Waals surface area contributed by atoms with Crippen LogP contribution in [0.15, 0.2) is 24.5 Å². The van der Waals surface area contributed by atoms with Gasteiger partial charge in [0.1, 0.15) is 0 Å². The van der Waals surface area contributed by atoms with Gasteiger partial charge in [0.2, 0.25) is 0 Å². The summed E-state index contributed by atoms with van der Waals surface area (Å²) in [5.74, 6) is 0.920. The summed E-state index contributed by atoms with van der Waals surface area (Å²) in [5.41, 5.74) is 7.48. The lowest BCUT2D eigenvalue weighted by molar-refractivity contribution is 0.115. The molecule has 0 aromatic carbocycles. The molecular weight excluding hydrogens is 234 g/mol. The van der Waals surface area contributed by atoms with Gasteiger partial charge in [-0.25, -0.2) is 0 Å². The van der Waals surface area contributed by atoms with Crippen LogP contribution in [-0.2, 0) is 0 Å². The Labute approximate surface area is 117 Å². The Kier molecular flexibility index (Phi) is 5.34. The molecule has 0 saturated carbocycles. The van der Waals surface area contributed by atoms with E-state index in [1.165, 1.54) is 44.3 Å². The van der Waals surface area contributed by atoms with Crippen LogP contribution in [0.1, 0.15) is 51.1 Å². The third kappa shape index (κ3) is 3.77. The normalized spacial score (nSPS) is 21.2. The quantitative estimate of drug-likeness (QED) is 0.886. The molecule has 1 saturated heterocycles. The Hall–Kier alpha value is -0.930. The maximum Gasteiger partial charge on any atom is 0.0511 e. The first-order valence-corrected chi connectivity index (χ1v) is 7.62. The van der Waals surface area contributed by atoms with Crippen LogP contribution in [0.2, 0.25) is 0 Å². The molecule has 1 aromatic rings. The number of likely N-dealkylation sites (tertiary alicyclic amines) is 1. The molecule has 19 heavy (non-hydrogen) atoms. The highest BCUT2D eigenvalue weighted by Crippen LogP contribution is 2.29. The van der Waals surface area contributed by atoms with Crippen LogP contribution in [0.5, 0.6) is 0 Å². The summed E-state index contributed by atoms with van der Waals surface area (Å²) in [7, 11) is 0. The predicted octanol–water partition coefficient (Wildman–Crippen LogP) is 2.98. The van der Waals surface area contributed by atoms with Gasteiger partial charge in [0.05, 0.1) is 6.04 Å². The fourth-order valence-corrected chi connectivity index (χ4v) is 3.33. The molecule has 1 aliphatic heterocycles. The zero-order valence-electron chi connectivity index (χ0n) is 12.3. The first-order valence-electron chi connectivity index (χ1n) is 7.62. The molecule has 106 valence electrons. The van der Waals surface area contributed by atoms with E-state index < -0.39 is 0 Å². The van der Waals surface area contributed by atoms with Crippen molar-refractivity contribution < 1.29 is 0 Å². The van der Waals surface area contributed by atoms with Crippen molar-refractivity contribution in [1.82, 2.24) is 9.88 Å². The van der Waals surface area contributed by atoms with E-state index in [2.05, 4.69) is 29.8 Å². The number of hydrogen-bond donors (Lipinski definition) is 1. The SMILES string of the molecule is CCCC1CCN(C(c2cccnc2)C(C)N)CC1. The van der Waals surface area contributed by atoms with Gasteiger partial charge in [0.25, 0.3) is 0 Å². The zero-order chi connectivity index (χ0) is 13.7. The summed E-state index contributed by atoms with van der Waals surface area (Å²) in [5, 5.41) is 0. The van der Waals surface area contributed by atoms with Crippen LogP contribution >= 0.6 is 0 Å². The van der Waals surface area contributed by atoms with Crippen molar-refractivity contribution in [2.45, 2.75) is 51.6 Å². The van der Waals surface area contributed by atoms with Gasteiger partial charge >= 0.3 is 0 Å². The molecule has 0 amide bonds. The third-order valence-corrected chi connectivity index (χ3v) is 4.26. The van der Waals surface area contributed by atoms with Crippen LogP contribution in [0.4, 0.5) is 0 Å². The predicted molar refractivity (Wildman–Crippen MR) is 79.8 cm³/mol. The number of rotatable bonds is 5. The molecule has 2 unspecified atom stereocenters. The van der Waals surface area contributed by atoms with Gasteiger partial charge in [0, 0.05) is 18.4 Å². The second-order valence-electron chi connectivity index (χ2n) is 5.86. The van der Waals surface area contributed by atoms with Crippen LogP contribution in [0.25, 0.3) is 0 Å². The molecule has 2 heterocycles. The average molecular weight is 261 g/mol. The lowest BCUT2D eigenvalue weighted by atomic mass is 9.90. The Morgan fingerprint density at radius 3 is 2.68 bits per heavy atom. The van der Waals surface area contributed by atoms with Crippen molar-refractivity contribution in [3.8, 4) is 0 Å². The molecule has 3 nitrogen and oxygen atoms in total. The monoisotopic (exact) mass is 261 g/mol. The number of pyridine rings is 1. The van der Waals surface area contributed by atoms with Gasteiger partial charge in [-0.2, -0.15) is 0 Å². The molecule has 0 spiro atoms. The second-order valence-corrected chi connectivity index (χ2v) is 5.86. The van der Waals surface area contributed by atoms with E-state index in [1.807, 2.05) is 18.5 Å². The Bertz CT molecular complexity index is 356. The minimum atomic E-state index is 0.145. The number of nitrogens with zero attached hydrogens (tertiary/aromatic N) is 2. The van der Waals surface area contributed by atoms with Crippen LogP contribution in [0, 0.1) is 5.92 Å². The van der Waals surface area contributed by atoms with Crippen LogP contribution in [0.3, 0.4) is 0 Å². The number of nitrogens with two attached hydrogens (primary N) is 1. The van der Waals surface area contributed by atoms with Crippen molar-refractivity contribution >= 4 is 0 Å². The maximum absolute atomic E-state index is 6.22. The van der Waals surface area contributed by atoms with E-state index in [1.54, 1.807) is 0 Å². The molecular formula is C16H27N3. The van der Waals surface area contributed by atoms with Crippen molar-refractivity contribution in [2.24, 2.45) is 11.7 Å². The van der Waals surface area contributed by atoms with Crippen molar-refractivity contribution in [3.63, 3.8) is 0 Å². The summed E-state index contributed by atoms with van der Waals surface area (Å²) in [4.78, 5) is 6.79. The lowest BCUT2D eigenvalue weighted by Crippen LogP contribution is -2.43. The number of piperidine rings is 1. The summed E-state index contributed by atoms with van der Waals surface area (Å²) in [6.45, 7) is 6.74. The largest absolute Gasteiger partial charge is 0.326 e. The van der Waals surface area contributed by atoms with Gasteiger partial charge in [-0.15, -0.1) is 0 Å². The molecule has 2 atom stereocenters. The summed E-state index contributed by atoms with van der Waals surface area (Å²) >= 11 is 0. The molecule has 1 aliphatic rings. The Morgan fingerprint density at radius 2 is 2.16 bits per heavy atom. The Balaban J connectivity index is 2.02. The fraction of sp³-hybridized carbons (Fsp3) is 0.688. The van der Waals surface area contributed by atoms with Gasteiger partial charge in [-0.1, -0.05) is 25.8 Å². The summed E-state index contributed by atoms with van der Waals surface area (Å²) in [6.07, 6.45) is 9.11. The molecule has 2 rings (SSSR count). The number of aromatic nitrogens is 1. The van der Waals surface area contributed by atoms with Gasteiger partial charge < -0.3 is 5.73 Å². The highest BCUT2D eigenvalue weighted by atomic mass is 15.2. The van der Waals surface area contributed by atoms with Crippen molar-refractivity contribution in [3.05, 3.63) is 30.1 Å². The van der Waals surface area contributed by atoms with Crippen molar-refractivity contribution in [1.29, 1.82) is 0 Å². The van der Waals surface area contributed by atoms with E-state index in [4.69, 9.17) is 5.73 Å². The van der Waals surface area contributed by atoms with E-state index in [9.17, 15) is 0 Å². The standard InChI is InChI=1S/C16H27N3/c1-3-5-14-7-10-19(11-8-14)16(13(2)17)15-6-4-9-18-12-15/h4,6,9,12-14,16H,3,5,7-8,10-11,17H2,1-2H3. The molecule has 0 aliphatic carbocycles. The smallest absolute Gasteiger partial charge is 0.0511 e. The highest BCUT2D eigenvalue weighted by molar-refractivity contribution is 5.16. The Morgan fingerprint density at radius 1 is 1.42 bits per heavy atom. The molecule has 0 bridgehead atoms. The first-order chi connectivity index (χ1) is 9.22. The van der Waals surface area contributed by atoms with E-state index in [0.717, 1.165) is 5.92 Å². The highest BCUT2D eigenvalue weighted by Gasteiger charge is 2.28. The lowest BCUT2D eigenvalue weighted by Gasteiger charge is -2.39. The number of hydrogen-bond acceptors (Lipinski definition) is 3. The minimum Gasteiger partial charge on any atom is -0.326 e. The van der Waals surface area contributed by atoms with Gasteiger partial charge in [-0.05, 0) is 50.4 Å². The fourth-order valence-electron chi connectivity index (χ4n) is 3.33. The van der Waals surface area contributed by atoms with E-state index in [0.29, 0.717) is 6.04 Å². The van der Waals surface area contributed by atoms with Gasteiger partial charge in [0.15, 0.2) is 0 Å². The van der Waals surface area contributed by atoms with Crippen molar-refractivity contribution in [2.75, 3.05) is 13.1 Å². The minimum absolute atomic E-state index is 0.145. The third-order valence-electron chi connectivity index (χ3n) is 4.26. The molecule has 2 N–H and O–H groups in total. The molecule has 1 fully saturated rings. The average Bonchev–Trinajstić information content (AvgIpc) is 2.42. The topological polar surface area (TPSA) is 42.2 Å². The summed E-state index contributed by atoms with van der Waals surface area (Å²) in [6, 6.07) is 4.62. The maximum atomic E-state index is 6.22. The van der Waals surface area contributed by atoms with E-state index >= 15 is 0 Å². The zero-order valence-corrected chi connectivity index (χ0v) is 12.3.